The highest BCUT2D eigenvalue weighted by molar-refractivity contribution is 6.33. The van der Waals surface area contributed by atoms with Crippen LogP contribution in [0.1, 0.15) is 19.8 Å². The molecule has 0 aliphatic carbocycles. The van der Waals surface area contributed by atoms with Gasteiger partial charge in [0.1, 0.15) is 0 Å². The molecule has 1 saturated heterocycles. The zero-order chi connectivity index (χ0) is 13.1. The highest BCUT2D eigenvalue weighted by Crippen LogP contribution is 2.28. The van der Waals surface area contributed by atoms with Gasteiger partial charge in [0.15, 0.2) is 0 Å². The van der Waals surface area contributed by atoms with Gasteiger partial charge in [-0.3, -0.25) is 4.79 Å². The fraction of sp³-hybridized carbons (Fsp3) is 0.462. The minimum atomic E-state index is -0.104. The molecule has 0 radical (unpaired) electrons. The van der Waals surface area contributed by atoms with E-state index in [0.29, 0.717) is 23.0 Å². The van der Waals surface area contributed by atoms with Gasteiger partial charge in [-0.05, 0) is 31.0 Å². The molecule has 0 aromatic heterocycles. The molecule has 18 heavy (non-hydrogen) atoms. The van der Waals surface area contributed by atoms with Crippen LogP contribution in [0.2, 0.25) is 5.02 Å². The van der Waals surface area contributed by atoms with Gasteiger partial charge in [-0.2, -0.15) is 0 Å². The number of carbonyl (C=O) groups is 1. The van der Waals surface area contributed by atoms with Crippen molar-refractivity contribution in [1.82, 2.24) is 0 Å². The molecule has 1 heterocycles. The first-order valence-corrected chi connectivity index (χ1v) is 6.47. The van der Waals surface area contributed by atoms with Crippen LogP contribution in [0.25, 0.3) is 0 Å². The predicted octanol–water partition coefficient (Wildman–Crippen LogP) is 2.68. The van der Waals surface area contributed by atoms with Crippen LogP contribution in [0.3, 0.4) is 0 Å². The molecule has 1 aliphatic rings. The number of nitrogens with one attached hydrogen (secondary N) is 1. The van der Waals surface area contributed by atoms with Crippen molar-refractivity contribution in [2.45, 2.75) is 25.9 Å². The molecule has 5 heteroatoms. The maximum absolute atomic E-state index is 12.2. The fourth-order valence-electron chi connectivity index (χ4n) is 2.21. The Kier molecular flexibility index (Phi) is 4.09. The molecular formula is C13H17ClN2O2. The topological polar surface area (TPSA) is 64.3 Å². The molecule has 1 aromatic rings. The highest BCUT2D eigenvalue weighted by atomic mass is 35.5. The minimum Gasteiger partial charge on any atom is -0.399 e. The number of rotatable bonds is 3. The highest BCUT2D eigenvalue weighted by Gasteiger charge is 2.32. The number of amides is 1. The van der Waals surface area contributed by atoms with Crippen LogP contribution in [0, 0.1) is 5.92 Å². The summed E-state index contributed by atoms with van der Waals surface area (Å²) in [6.45, 7) is 2.66. The van der Waals surface area contributed by atoms with E-state index in [9.17, 15) is 4.79 Å². The Hall–Kier alpha value is -1.26. The van der Waals surface area contributed by atoms with Gasteiger partial charge in [0.25, 0.3) is 0 Å². The molecule has 98 valence electrons. The van der Waals surface area contributed by atoms with Gasteiger partial charge in [0.2, 0.25) is 5.91 Å². The Labute approximate surface area is 111 Å². The van der Waals surface area contributed by atoms with Gasteiger partial charge in [-0.15, -0.1) is 0 Å². The molecule has 2 unspecified atom stereocenters. The Morgan fingerprint density at radius 3 is 3.11 bits per heavy atom. The molecule has 1 aliphatic heterocycles. The monoisotopic (exact) mass is 268 g/mol. The first kappa shape index (κ1) is 13.2. The Morgan fingerprint density at radius 2 is 2.39 bits per heavy atom. The van der Waals surface area contributed by atoms with Gasteiger partial charge >= 0.3 is 0 Å². The molecule has 2 atom stereocenters. The summed E-state index contributed by atoms with van der Waals surface area (Å²) < 4.78 is 5.51. The van der Waals surface area contributed by atoms with Crippen molar-refractivity contribution in [2.75, 3.05) is 17.7 Å². The predicted molar refractivity (Wildman–Crippen MR) is 72.6 cm³/mol. The van der Waals surface area contributed by atoms with Crippen molar-refractivity contribution in [2.24, 2.45) is 5.92 Å². The minimum absolute atomic E-state index is 0.00448. The molecule has 0 bridgehead atoms. The van der Waals surface area contributed by atoms with Gasteiger partial charge in [0.05, 0.1) is 22.7 Å². The summed E-state index contributed by atoms with van der Waals surface area (Å²) in [7, 11) is 0. The molecule has 3 N–H and O–H groups in total. The number of nitrogen functional groups attached to an aromatic ring is 1. The van der Waals surface area contributed by atoms with Crippen LogP contribution in [0.5, 0.6) is 0 Å². The van der Waals surface area contributed by atoms with E-state index in [1.165, 1.54) is 0 Å². The second-order valence-corrected chi connectivity index (χ2v) is 4.85. The standard InChI is InChI=1S/C13H17ClN2O2/c1-2-12-9(5-6-18-12)13(17)16-11-7-8(15)3-4-10(11)14/h3-4,7,9,12H,2,5-6,15H2,1H3,(H,16,17). The lowest BCUT2D eigenvalue weighted by atomic mass is 9.98. The number of hydrogen-bond acceptors (Lipinski definition) is 3. The molecule has 1 amide bonds. The average molecular weight is 269 g/mol. The van der Waals surface area contributed by atoms with E-state index in [-0.39, 0.29) is 17.9 Å². The van der Waals surface area contributed by atoms with Crippen LogP contribution in [0.15, 0.2) is 18.2 Å². The fourth-order valence-corrected chi connectivity index (χ4v) is 2.38. The average Bonchev–Trinajstić information content (AvgIpc) is 2.82. The quantitative estimate of drug-likeness (QED) is 0.829. The van der Waals surface area contributed by atoms with Crippen molar-refractivity contribution in [3.63, 3.8) is 0 Å². The van der Waals surface area contributed by atoms with Gasteiger partial charge in [-0.1, -0.05) is 18.5 Å². The molecule has 2 rings (SSSR count). The first-order valence-electron chi connectivity index (χ1n) is 6.09. The van der Waals surface area contributed by atoms with E-state index in [2.05, 4.69) is 5.32 Å². The lowest BCUT2D eigenvalue weighted by Gasteiger charge is -2.17. The summed E-state index contributed by atoms with van der Waals surface area (Å²) in [4.78, 5) is 12.2. The summed E-state index contributed by atoms with van der Waals surface area (Å²) in [5.41, 5.74) is 6.81. The van der Waals surface area contributed by atoms with E-state index in [1.807, 2.05) is 6.92 Å². The van der Waals surface area contributed by atoms with Gasteiger partial charge < -0.3 is 15.8 Å². The zero-order valence-corrected chi connectivity index (χ0v) is 11.0. The lowest BCUT2D eigenvalue weighted by molar-refractivity contribution is -0.121. The van der Waals surface area contributed by atoms with Crippen molar-refractivity contribution >= 4 is 28.9 Å². The SMILES string of the molecule is CCC1OCCC1C(=O)Nc1cc(N)ccc1Cl. The second kappa shape index (κ2) is 5.59. The van der Waals surface area contributed by atoms with Crippen LogP contribution in [-0.2, 0) is 9.53 Å². The zero-order valence-electron chi connectivity index (χ0n) is 10.3. The number of hydrogen-bond donors (Lipinski definition) is 2. The summed E-state index contributed by atoms with van der Waals surface area (Å²) >= 11 is 6.02. The normalized spacial score (nSPS) is 23.0. The molecule has 0 saturated carbocycles. The maximum atomic E-state index is 12.2. The summed E-state index contributed by atoms with van der Waals surface area (Å²) in [6.07, 6.45) is 1.59. The number of benzene rings is 1. The maximum Gasteiger partial charge on any atom is 0.230 e. The number of halogens is 1. The smallest absolute Gasteiger partial charge is 0.230 e. The van der Waals surface area contributed by atoms with Crippen molar-refractivity contribution < 1.29 is 9.53 Å². The molecule has 4 nitrogen and oxygen atoms in total. The van der Waals surface area contributed by atoms with Crippen LogP contribution < -0.4 is 11.1 Å². The van der Waals surface area contributed by atoms with Gasteiger partial charge in [-0.25, -0.2) is 0 Å². The third-order valence-corrected chi connectivity index (χ3v) is 3.53. The summed E-state index contributed by atoms with van der Waals surface area (Å²) in [6, 6.07) is 5.04. The second-order valence-electron chi connectivity index (χ2n) is 4.44. The number of ether oxygens (including phenoxy) is 1. The number of nitrogens with two attached hydrogens (primary N) is 1. The van der Waals surface area contributed by atoms with E-state index >= 15 is 0 Å². The van der Waals surface area contributed by atoms with E-state index in [0.717, 1.165) is 12.8 Å². The number of anilines is 2. The largest absolute Gasteiger partial charge is 0.399 e. The first-order chi connectivity index (χ1) is 8.61. The van der Waals surface area contributed by atoms with Gasteiger partial charge in [0, 0.05) is 12.3 Å². The Morgan fingerprint density at radius 1 is 1.61 bits per heavy atom. The molecule has 1 aromatic carbocycles. The Balaban J connectivity index is 2.09. The molecular weight excluding hydrogens is 252 g/mol. The summed E-state index contributed by atoms with van der Waals surface area (Å²) in [5.74, 6) is -0.153. The van der Waals surface area contributed by atoms with Crippen molar-refractivity contribution in [3.8, 4) is 0 Å². The number of carbonyl (C=O) groups excluding carboxylic acids is 1. The molecule has 0 spiro atoms. The van der Waals surface area contributed by atoms with Crippen LogP contribution >= 0.6 is 11.6 Å². The lowest BCUT2D eigenvalue weighted by Crippen LogP contribution is -2.29. The third-order valence-electron chi connectivity index (χ3n) is 3.20. The third kappa shape index (κ3) is 2.76. The summed E-state index contributed by atoms with van der Waals surface area (Å²) in [5, 5.41) is 3.32. The van der Waals surface area contributed by atoms with Crippen LogP contribution in [0.4, 0.5) is 11.4 Å². The van der Waals surface area contributed by atoms with E-state index in [4.69, 9.17) is 22.1 Å². The van der Waals surface area contributed by atoms with E-state index < -0.39 is 0 Å². The van der Waals surface area contributed by atoms with E-state index in [1.54, 1.807) is 18.2 Å². The van der Waals surface area contributed by atoms with Crippen molar-refractivity contribution in [1.29, 1.82) is 0 Å². The van der Waals surface area contributed by atoms with Crippen LogP contribution in [-0.4, -0.2) is 18.6 Å². The molecule has 1 fully saturated rings. The van der Waals surface area contributed by atoms with Crippen molar-refractivity contribution in [3.05, 3.63) is 23.2 Å². The Bertz CT molecular complexity index is 451.